The van der Waals surface area contributed by atoms with Crippen molar-refractivity contribution in [3.05, 3.63) is 23.8 Å². The third-order valence-electron chi connectivity index (χ3n) is 4.13. The Morgan fingerprint density at radius 3 is 3.00 bits per heavy atom. The summed E-state index contributed by atoms with van der Waals surface area (Å²) in [6, 6.07) is 5.54. The van der Waals surface area contributed by atoms with Gasteiger partial charge in [-0.05, 0) is 50.9 Å². The van der Waals surface area contributed by atoms with Crippen LogP contribution in [0.2, 0.25) is 0 Å². The van der Waals surface area contributed by atoms with Gasteiger partial charge in [0, 0.05) is 25.0 Å². The summed E-state index contributed by atoms with van der Waals surface area (Å²) >= 11 is 0. The minimum Gasteiger partial charge on any atom is -0.399 e. The zero-order valence-corrected chi connectivity index (χ0v) is 13.1. The summed E-state index contributed by atoms with van der Waals surface area (Å²) in [5.74, 6) is -0.0101. The molecule has 3 N–H and O–H groups in total. The minimum atomic E-state index is -0.147. The molecule has 116 valence electrons. The van der Waals surface area contributed by atoms with E-state index in [4.69, 9.17) is 10.5 Å². The molecular weight excluding hydrogens is 266 g/mol. The number of likely N-dealkylation sites (tertiary alicyclic amines) is 1. The molecule has 0 spiro atoms. The number of benzene rings is 1. The zero-order valence-electron chi connectivity index (χ0n) is 13.1. The van der Waals surface area contributed by atoms with Gasteiger partial charge in [-0.1, -0.05) is 6.07 Å². The van der Waals surface area contributed by atoms with Crippen molar-refractivity contribution in [2.45, 2.75) is 32.3 Å². The third-order valence-corrected chi connectivity index (χ3v) is 4.13. The highest BCUT2D eigenvalue weighted by molar-refractivity contribution is 5.93. The first kappa shape index (κ1) is 15.8. The van der Waals surface area contributed by atoms with E-state index in [1.807, 2.05) is 19.1 Å². The minimum absolute atomic E-state index is 0.0101. The number of amides is 1. The van der Waals surface area contributed by atoms with Gasteiger partial charge < -0.3 is 15.8 Å². The maximum absolute atomic E-state index is 12.2. The molecular formula is C16H25N3O2. The summed E-state index contributed by atoms with van der Waals surface area (Å²) in [5, 5.41) is 2.94. The number of hydrogen-bond donors (Lipinski definition) is 2. The number of carbonyl (C=O) groups excluding carboxylic acids is 1. The van der Waals surface area contributed by atoms with Gasteiger partial charge in [-0.15, -0.1) is 0 Å². The number of carbonyl (C=O) groups is 1. The van der Waals surface area contributed by atoms with Crippen LogP contribution < -0.4 is 11.1 Å². The number of anilines is 2. The highest BCUT2D eigenvalue weighted by Crippen LogP contribution is 2.24. The summed E-state index contributed by atoms with van der Waals surface area (Å²) in [6.45, 7) is 6.15. The predicted molar refractivity (Wildman–Crippen MR) is 85.3 cm³/mol. The molecule has 5 nitrogen and oxygen atoms in total. The number of nitrogen functional groups attached to an aromatic ring is 1. The van der Waals surface area contributed by atoms with Gasteiger partial charge in [0.25, 0.3) is 0 Å². The fourth-order valence-electron chi connectivity index (χ4n) is 2.78. The van der Waals surface area contributed by atoms with Crippen LogP contribution in [0.5, 0.6) is 0 Å². The van der Waals surface area contributed by atoms with E-state index in [0.29, 0.717) is 12.2 Å². The first-order chi connectivity index (χ1) is 9.92. The van der Waals surface area contributed by atoms with E-state index in [1.165, 1.54) is 0 Å². The third kappa shape index (κ3) is 4.19. The first-order valence-corrected chi connectivity index (χ1v) is 7.35. The van der Waals surface area contributed by atoms with Crippen molar-refractivity contribution in [2.24, 2.45) is 0 Å². The molecule has 1 unspecified atom stereocenters. The van der Waals surface area contributed by atoms with E-state index < -0.39 is 0 Å². The number of rotatable bonds is 4. The summed E-state index contributed by atoms with van der Waals surface area (Å²) in [7, 11) is 1.74. The fourth-order valence-corrected chi connectivity index (χ4v) is 2.78. The number of nitrogens with two attached hydrogens (primary N) is 1. The van der Waals surface area contributed by atoms with Crippen molar-refractivity contribution in [3.8, 4) is 0 Å². The van der Waals surface area contributed by atoms with E-state index in [-0.39, 0.29) is 11.5 Å². The molecule has 0 bridgehead atoms. The van der Waals surface area contributed by atoms with Crippen LogP contribution in [-0.2, 0) is 9.53 Å². The molecule has 1 aromatic carbocycles. The molecule has 0 aliphatic carbocycles. The molecule has 1 aliphatic rings. The number of nitrogens with one attached hydrogen (secondary N) is 1. The van der Waals surface area contributed by atoms with Crippen molar-refractivity contribution in [1.82, 2.24) is 4.90 Å². The smallest absolute Gasteiger partial charge is 0.238 e. The maximum atomic E-state index is 12.2. The summed E-state index contributed by atoms with van der Waals surface area (Å²) in [4.78, 5) is 14.4. The zero-order chi connectivity index (χ0) is 15.5. The molecule has 21 heavy (non-hydrogen) atoms. The molecule has 1 atom stereocenters. The maximum Gasteiger partial charge on any atom is 0.238 e. The lowest BCUT2D eigenvalue weighted by atomic mass is 9.95. The molecule has 1 aliphatic heterocycles. The first-order valence-electron chi connectivity index (χ1n) is 7.35. The number of aryl methyl sites for hydroxylation is 1. The van der Waals surface area contributed by atoms with Crippen LogP contribution in [0.3, 0.4) is 0 Å². The van der Waals surface area contributed by atoms with Crippen LogP contribution in [0, 0.1) is 6.92 Å². The summed E-state index contributed by atoms with van der Waals surface area (Å²) in [6.07, 6.45) is 2.09. The van der Waals surface area contributed by atoms with E-state index in [9.17, 15) is 4.79 Å². The van der Waals surface area contributed by atoms with Gasteiger partial charge in [0.1, 0.15) is 0 Å². The number of ether oxygens (including phenoxy) is 1. The van der Waals surface area contributed by atoms with E-state index in [2.05, 4.69) is 17.1 Å². The Labute approximate surface area is 126 Å². The van der Waals surface area contributed by atoms with Crippen molar-refractivity contribution >= 4 is 17.3 Å². The number of hydrogen-bond acceptors (Lipinski definition) is 4. The highest BCUT2D eigenvalue weighted by Gasteiger charge is 2.31. The van der Waals surface area contributed by atoms with Gasteiger partial charge in [-0.3, -0.25) is 9.69 Å². The quantitative estimate of drug-likeness (QED) is 0.833. The molecule has 0 radical (unpaired) electrons. The Morgan fingerprint density at radius 2 is 2.29 bits per heavy atom. The van der Waals surface area contributed by atoms with E-state index in [1.54, 1.807) is 13.2 Å². The number of piperidine rings is 1. The summed E-state index contributed by atoms with van der Waals surface area (Å²) < 4.78 is 5.55. The van der Waals surface area contributed by atoms with Crippen LogP contribution in [0.15, 0.2) is 18.2 Å². The second-order valence-electron chi connectivity index (χ2n) is 6.09. The number of nitrogens with zero attached hydrogens (tertiary/aromatic N) is 1. The lowest BCUT2D eigenvalue weighted by Gasteiger charge is -2.39. The molecule has 1 saturated heterocycles. The molecule has 1 amide bonds. The van der Waals surface area contributed by atoms with Gasteiger partial charge in [0.05, 0.1) is 12.1 Å². The van der Waals surface area contributed by atoms with Gasteiger partial charge in [0.15, 0.2) is 0 Å². The van der Waals surface area contributed by atoms with E-state index in [0.717, 1.165) is 37.2 Å². The van der Waals surface area contributed by atoms with Crippen LogP contribution in [0.1, 0.15) is 25.3 Å². The SMILES string of the molecule is COC1(C)CCCN(CC(=O)Nc2cc(N)ccc2C)C1. The highest BCUT2D eigenvalue weighted by atomic mass is 16.5. The molecule has 2 rings (SSSR count). The van der Waals surface area contributed by atoms with Crippen molar-refractivity contribution in [2.75, 3.05) is 37.8 Å². The van der Waals surface area contributed by atoms with Crippen molar-refractivity contribution in [1.29, 1.82) is 0 Å². The van der Waals surface area contributed by atoms with Crippen LogP contribution in [0.25, 0.3) is 0 Å². The molecule has 5 heteroatoms. The normalized spacial score (nSPS) is 23.0. The van der Waals surface area contributed by atoms with Crippen LogP contribution in [-0.4, -0.2) is 43.2 Å². The topological polar surface area (TPSA) is 67.6 Å². The van der Waals surface area contributed by atoms with Gasteiger partial charge in [0.2, 0.25) is 5.91 Å². The lowest BCUT2D eigenvalue weighted by Crippen LogP contribution is -2.49. The molecule has 1 fully saturated rings. The molecule has 1 aromatic rings. The Morgan fingerprint density at radius 1 is 1.52 bits per heavy atom. The molecule has 0 saturated carbocycles. The standard InChI is InChI=1S/C16H25N3O2/c1-12-5-6-13(17)9-14(12)18-15(20)10-19-8-4-7-16(2,11-19)21-3/h5-6,9H,4,7-8,10-11,17H2,1-3H3,(H,18,20). The van der Waals surface area contributed by atoms with Gasteiger partial charge >= 0.3 is 0 Å². The predicted octanol–water partition coefficient (Wildman–Crippen LogP) is 2.02. The van der Waals surface area contributed by atoms with Crippen LogP contribution >= 0.6 is 0 Å². The number of methoxy groups -OCH3 is 1. The molecule has 1 heterocycles. The van der Waals surface area contributed by atoms with Crippen molar-refractivity contribution < 1.29 is 9.53 Å². The average molecular weight is 291 g/mol. The van der Waals surface area contributed by atoms with Crippen LogP contribution in [0.4, 0.5) is 11.4 Å². The van der Waals surface area contributed by atoms with Gasteiger partial charge in [-0.2, -0.15) is 0 Å². The molecule has 0 aromatic heterocycles. The Bertz CT molecular complexity index is 518. The Balaban J connectivity index is 1.94. The fraction of sp³-hybridized carbons (Fsp3) is 0.562. The monoisotopic (exact) mass is 291 g/mol. The Kier molecular flexibility index (Phi) is 4.85. The largest absolute Gasteiger partial charge is 0.399 e. The van der Waals surface area contributed by atoms with Gasteiger partial charge in [-0.25, -0.2) is 0 Å². The van der Waals surface area contributed by atoms with E-state index >= 15 is 0 Å². The lowest BCUT2D eigenvalue weighted by molar-refractivity contribution is -0.119. The average Bonchev–Trinajstić information content (AvgIpc) is 2.43. The second kappa shape index (κ2) is 6.45. The Hall–Kier alpha value is -1.59. The van der Waals surface area contributed by atoms with Crippen molar-refractivity contribution in [3.63, 3.8) is 0 Å². The summed E-state index contributed by atoms with van der Waals surface area (Å²) in [5.41, 5.74) is 8.06. The second-order valence-corrected chi connectivity index (χ2v) is 6.09.